The molecule has 0 radical (unpaired) electrons. The molecular formula is C46H80O15P2. The van der Waals surface area contributed by atoms with Crippen LogP contribution in [0.3, 0.4) is 0 Å². The number of carbonyl (C=O) groups excluding carboxylic acids is 2. The fourth-order valence-electron chi connectivity index (χ4n) is 5.64. The molecule has 15 nitrogen and oxygen atoms in total. The van der Waals surface area contributed by atoms with Crippen LogP contribution in [0.4, 0.5) is 0 Å². The summed E-state index contributed by atoms with van der Waals surface area (Å²) in [6, 6.07) is 0. The fourth-order valence-corrected chi connectivity index (χ4v) is 6.80. The molecule has 0 saturated carbocycles. The highest BCUT2D eigenvalue weighted by Crippen LogP contribution is 2.43. The van der Waals surface area contributed by atoms with E-state index in [0.29, 0.717) is 19.3 Å². The van der Waals surface area contributed by atoms with Gasteiger partial charge in [-0.05, 0) is 83.5 Å². The minimum atomic E-state index is -4.91. The van der Waals surface area contributed by atoms with Crippen LogP contribution in [-0.4, -0.2) is 92.8 Å². The lowest BCUT2D eigenvalue weighted by Gasteiger charge is -2.21. The summed E-state index contributed by atoms with van der Waals surface area (Å²) in [6.45, 7) is 1.33. The van der Waals surface area contributed by atoms with Gasteiger partial charge in [-0.2, -0.15) is 0 Å². The van der Waals surface area contributed by atoms with Gasteiger partial charge in [0.25, 0.3) is 0 Å². The van der Waals surface area contributed by atoms with Gasteiger partial charge in [0.15, 0.2) is 6.10 Å². The van der Waals surface area contributed by atoms with Crippen molar-refractivity contribution in [2.75, 3.05) is 26.4 Å². The second-order valence-electron chi connectivity index (χ2n) is 15.3. The molecule has 0 aromatic carbocycles. The van der Waals surface area contributed by atoms with Crippen LogP contribution in [0.1, 0.15) is 155 Å². The van der Waals surface area contributed by atoms with Crippen molar-refractivity contribution in [1.29, 1.82) is 0 Å². The first-order chi connectivity index (χ1) is 30.2. The van der Waals surface area contributed by atoms with Crippen molar-refractivity contribution >= 4 is 27.6 Å². The Balaban J connectivity index is 4.82. The lowest BCUT2D eigenvalue weighted by atomic mass is 10.0. The van der Waals surface area contributed by atoms with Gasteiger partial charge in [0.2, 0.25) is 0 Å². The normalized spacial score (nSPS) is 15.6. The van der Waals surface area contributed by atoms with Crippen molar-refractivity contribution in [1.82, 2.24) is 0 Å². The number of phosphoric ester groups is 2. The van der Waals surface area contributed by atoms with Crippen LogP contribution in [0.2, 0.25) is 0 Å². The van der Waals surface area contributed by atoms with Crippen molar-refractivity contribution in [3.8, 4) is 0 Å². The molecule has 5 atom stereocenters. The van der Waals surface area contributed by atoms with Gasteiger partial charge in [-0.3, -0.25) is 23.2 Å². The standard InChI is InChI=1S/C46H80O15P2/c1-3-5-7-9-11-13-15-17-18-19-20-21-23-25-27-29-31-35-45(50)57-39-42(40-60-63(55,56)59-38-41(47)37-58-62(52,53)54)61-46(51)36-32-34-44(49)43(48)33-30-28-26-24-22-16-14-12-10-8-6-4-2/h12,14,17-18,20-22,24-25,27-28,30,41-44,47-49H,3-11,13,15-16,19,23,26,29,31-40H2,1-2H3,(H,55,56)(H2,52,53,54)/b14-12-,18-17-,21-20-,24-22-,27-25-,30-28-/t41-,42+,43?,44?/m0/s1. The van der Waals surface area contributed by atoms with E-state index in [1.165, 1.54) is 57.8 Å². The van der Waals surface area contributed by atoms with Crippen LogP contribution in [0.25, 0.3) is 0 Å². The zero-order valence-electron chi connectivity index (χ0n) is 37.9. The highest BCUT2D eigenvalue weighted by Gasteiger charge is 2.28. The molecular weight excluding hydrogens is 854 g/mol. The number of allylic oxidation sites excluding steroid dienone is 11. The van der Waals surface area contributed by atoms with Gasteiger partial charge in [0.05, 0.1) is 32.0 Å². The molecule has 63 heavy (non-hydrogen) atoms. The van der Waals surface area contributed by atoms with Gasteiger partial charge in [0.1, 0.15) is 12.7 Å². The number of aliphatic hydroxyl groups excluding tert-OH is 3. The van der Waals surface area contributed by atoms with Gasteiger partial charge in [0, 0.05) is 12.8 Å². The lowest BCUT2D eigenvalue weighted by Crippen LogP contribution is -2.30. The molecule has 6 N–H and O–H groups in total. The zero-order chi connectivity index (χ0) is 46.9. The molecule has 0 bridgehead atoms. The number of unbranched alkanes of at least 4 members (excludes halogenated alkanes) is 10. The Morgan fingerprint density at radius 2 is 0.968 bits per heavy atom. The Morgan fingerprint density at radius 3 is 1.56 bits per heavy atom. The molecule has 0 fully saturated rings. The predicted octanol–water partition coefficient (Wildman–Crippen LogP) is 9.73. The molecule has 364 valence electrons. The first-order valence-corrected chi connectivity index (χ1v) is 25.8. The average molecular weight is 935 g/mol. The molecule has 0 aliphatic rings. The number of esters is 2. The molecule has 0 heterocycles. The number of carbonyl (C=O) groups is 2. The SMILES string of the molecule is CCCCC/C=C\C/C=C\C/C=C\CC(O)C(O)CCCC(=O)O[C@H](COC(=O)CCC/C=C\C/C=C\C/C=C\CCCCCCCC)COP(=O)(O)OC[C@@H](O)COP(=O)(O)O. The molecule has 0 spiro atoms. The van der Waals surface area contributed by atoms with E-state index >= 15 is 0 Å². The third-order valence-electron chi connectivity index (χ3n) is 9.26. The Morgan fingerprint density at radius 1 is 0.508 bits per heavy atom. The Hall–Kier alpha value is -2.52. The predicted molar refractivity (Wildman–Crippen MR) is 246 cm³/mol. The third-order valence-corrected chi connectivity index (χ3v) is 10.7. The average Bonchev–Trinajstić information content (AvgIpc) is 3.24. The molecule has 0 aliphatic carbocycles. The van der Waals surface area contributed by atoms with Crippen molar-refractivity contribution in [2.45, 2.75) is 180 Å². The minimum Gasteiger partial charge on any atom is -0.462 e. The maximum absolute atomic E-state index is 12.7. The van der Waals surface area contributed by atoms with Crippen LogP contribution in [0.5, 0.6) is 0 Å². The summed E-state index contributed by atoms with van der Waals surface area (Å²) in [6.07, 6.45) is 37.8. The minimum absolute atomic E-state index is 0.0598. The number of hydrogen-bond acceptors (Lipinski definition) is 12. The van der Waals surface area contributed by atoms with E-state index in [1.807, 2.05) is 24.3 Å². The Bertz CT molecular complexity index is 1420. The summed E-state index contributed by atoms with van der Waals surface area (Å²) >= 11 is 0. The van der Waals surface area contributed by atoms with Crippen LogP contribution >= 0.6 is 15.6 Å². The van der Waals surface area contributed by atoms with Crippen LogP contribution in [0.15, 0.2) is 72.9 Å². The molecule has 0 aromatic heterocycles. The van der Waals surface area contributed by atoms with E-state index in [4.69, 9.17) is 23.8 Å². The van der Waals surface area contributed by atoms with Crippen LogP contribution in [-0.2, 0) is 41.8 Å². The van der Waals surface area contributed by atoms with Crippen LogP contribution < -0.4 is 0 Å². The smallest absolute Gasteiger partial charge is 0.462 e. The number of hydrogen-bond donors (Lipinski definition) is 6. The van der Waals surface area contributed by atoms with Crippen molar-refractivity contribution in [3.05, 3.63) is 72.9 Å². The van der Waals surface area contributed by atoms with Crippen molar-refractivity contribution < 1.29 is 71.8 Å². The topological polar surface area (TPSA) is 236 Å². The quantitative estimate of drug-likeness (QED) is 0.0145. The molecule has 0 amide bonds. The summed E-state index contributed by atoms with van der Waals surface area (Å²) in [5.74, 6) is -1.38. The van der Waals surface area contributed by atoms with E-state index in [9.17, 15) is 38.9 Å². The first-order valence-electron chi connectivity index (χ1n) is 22.8. The lowest BCUT2D eigenvalue weighted by molar-refractivity contribution is -0.161. The van der Waals surface area contributed by atoms with Crippen LogP contribution in [0, 0.1) is 0 Å². The molecule has 0 aliphatic heterocycles. The number of phosphoric acid groups is 2. The second-order valence-corrected chi connectivity index (χ2v) is 18.0. The Kier molecular flexibility index (Phi) is 39.3. The number of aliphatic hydroxyl groups is 3. The Labute approximate surface area is 377 Å². The second kappa shape index (κ2) is 40.9. The van der Waals surface area contributed by atoms with Gasteiger partial charge >= 0.3 is 27.6 Å². The van der Waals surface area contributed by atoms with Gasteiger partial charge < -0.3 is 39.5 Å². The van der Waals surface area contributed by atoms with Crippen molar-refractivity contribution in [2.24, 2.45) is 0 Å². The fraction of sp³-hybridized carbons (Fsp3) is 0.696. The van der Waals surface area contributed by atoms with E-state index in [1.54, 1.807) is 6.08 Å². The number of rotatable bonds is 42. The summed E-state index contributed by atoms with van der Waals surface area (Å²) in [5.41, 5.74) is 0. The maximum atomic E-state index is 12.7. The molecule has 0 aromatic rings. The highest BCUT2D eigenvalue weighted by atomic mass is 31.2. The highest BCUT2D eigenvalue weighted by molar-refractivity contribution is 7.47. The summed E-state index contributed by atoms with van der Waals surface area (Å²) < 4.78 is 47.5. The largest absolute Gasteiger partial charge is 0.472 e. The summed E-state index contributed by atoms with van der Waals surface area (Å²) in [5, 5.41) is 30.5. The third kappa shape index (κ3) is 43.2. The van der Waals surface area contributed by atoms with Gasteiger partial charge in [-0.1, -0.05) is 132 Å². The first kappa shape index (κ1) is 60.5. The molecule has 0 rings (SSSR count). The zero-order valence-corrected chi connectivity index (χ0v) is 39.7. The summed E-state index contributed by atoms with van der Waals surface area (Å²) in [7, 11) is -9.81. The number of ether oxygens (including phenoxy) is 2. The van der Waals surface area contributed by atoms with E-state index in [2.05, 4.69) is 65.4 Å². The van der Waals surface area contributed by atoms with E-state index in [0.717, 1.165) is 32.1 Å². The summed E-state index contributed by atoms with van der Waals surface area (Å²) in [4.78, 5) is 52.8. The van der Waals surface area contributed by atoms with Crippen molar-refractivity contribution in [3.63, 3.8) is 0 Å². The van der Waals surface area contributed by atoms with E-state index < -0.39 is 78.4 Å². The van der Waals surface area contributed by atoms with E-state index in [-0.39, 0.29) is 32.1 Å². The van der Waals surface area contributed by atoms with Gasteiger partial charge in [-0.25, -0.2) is 9.13 Å². The van der Waals surface area contributed by atoms with Gasteiger partial charge in [-0.15, -0.1) is 0 Å². The molecule has 0 saturated heterocycles. The monoisotopic (exact) mass is 934 g/mol. The molecule has 17 heteroatoms. The molecule has 3 unspecified atom stereocenters. The maximum Gasteiger partial charge on any atom is 0.472 e.